The molecule has 0 heterocycles. The highest BCUT2D eigenvalue weighted by Crippen LogP contribution is 2.22. The molecule has 0 atom stereocenters. The van der Waals surface area contributed by atoms with E-state index in [1.165, 1.54) is 3.57 Å². The summed E-state index contributed by atoms with van der Waals surface area (Å²) in [5.74, 6) is 4.97. The Labute approximate surface area is 129 Å². The van der Waals surface area contributed by atoms with Gasteiger partial charge >= 0.3 is 6.03 Å². The molecule has 0 aliphatic heterocycles. The van der Waals surface area contributed by atoms with Crippen LogP contribution in [0.5, 0.6) is 0 Å². The number of urea groups is 1. The fourth-order valence-electron chi connectivity index (χ4n) is 0.964. The molecule has 0 bridgehead atoms. The Hall–Kier alpha value is 0.640. The number of carbonyl (C=O) groups is 1. The molecule has 0 spiro atoms. The Bertz CT molecular complexity index is 384. The van der Waals surface area contributed by atoms with Crippen LogP contribution in [0.4, 0.5) is 4.79 Å². The molecule has 0 aromatic heterocycles. The van der Waals surface area contributed by atoms with Crippen LogP contribution in [-0.4, -0.2) is 6.03 Å². The first-order chi connectivity index (χ1) is 7.04. The van der Waals surface area contributed by atoms with Gasteiger partial charge in [0.15, 0.2) is 0 Å². The van der Waals surface area contributed by atoms with Crippen LogP contribution in [0.15, 0.2) is 12.1 Å². The third kappa shape index (κ3) is 4.19. The SMILES string of the molecule is NNC(=O)NCc1cc(I)cc(I)c1I. The van der Waals surface area contributed by atoms with Crippen molar-refractivity contribution in [3.05, 3.63) is 28.4 Å². The Kier molecular flexibility index (Phi) is 5.84. The minimum absolute atomic E-state index is 0.375. The maximum absolute atomic E-state index is 10.9. The molecule has 82 valence electrons. The average molecular weight is 543 g/mol. The molecule has 0 fully saturated rings. The van der Waals surface area contributed by atoms with E-state index in [0.29, 0.717) is 6.54 Å². The van der Waals surface area contributed by atoms with Gasteiger partial charge in [-0.2, -0.15) is 0 Å². The van der Waals surface area contributed by atoms with Crippen molar-refractivity contribution in [3.63, 3.8) is 0 Å². The van der Waals surface area contributed by atoms with Gasteiger partial charge in [0.05, 0.1) is 0 Å². The van der Waals surface area contributed by atoms with Crippen molar-refractivity contribution in [1.82, 2.24) is 10.7 Å². The number of rotatable bonds is 2. The molecular weight excluding hydrogens is 535 g/mol. The minimum Gasteiger partial charge on any atom is -0.333 e. The summed E-state index contributed by atoms with van der Waals surface area (Å²) in [6.07, 6.45) is 0. The molecule has 0 saturated carbocycles. The Morgan fingerprint density at radius 1 is 1.33 bits per heavy atom. The lowest BCUT2D eigenvalue weighted by Crippen LogP contribution is -2.39. The second-order valence-electron chi connectivity index (χ2n) is 2.69. The third-order valence-corrected chi connectivity index (χ3v) is 5.42. The van der Waals surface area contributed by atoms with Crippen LogP contribution in [0.2, 0.25) is 0 Å². The van der Waals surface area contributed by atoms with E-state index >= 15 is 0 Å². The van der Waals surface area contributed by atoms with Crippen molar-refractivity contribution < 1.29 is 4.79 Å². The molecule has 1 aromatic rings. The quantitative estimate of drug-likeness (QED) is 0.176. The Morgan fingerprint density at radius 2 is 2.00 bits per heavy atom. The normalized spacial score (nSPS) is 9.87. The summed E-state index contributed by atoms with van der Waals surface area (Å²) in [6.45, 7) is 0.480. The van der Waals surface area contributed by atoms with Gasteiger partial charge in [0.25, 0.3) is 0 Å². The zero-order valence-electron chi connectivity index (χ0n) is 7.48. The molecule has 0 radical (unpaired) electrons. The van der Waals surface area contributed by atoms with Gasteiger partial charge in [-0.25, -0.2) is 10.6 Å². The number of benzene rings is 1. The summed E-state index contributed by atoms with van der Waals surface area (Å²) in [7, 11) is 0. The van der Waals surface area contributed by atoms with Gasteiger partial charge in [0, 0.05) is 17.3 Å². The maximum atomic E-state index is 10.9. The first-order valence-electron chi connectivity index (χ1n) is 3.92. The third-order valence-electron chi connectivity index (χ3n) is 1.64. The summed E-state index contributed by atoms with van der Waals surface area (Å²) in [5, 5.41) is 2.66. The largest absolute Gasteiger partial charge is 0.333 e. The van der Waals surface area contributed by atoms with E-state index in [9.17, 15) is 4.79 Å². The highest BCUT2D eigenvalue weighted by molar-refractivity contribution is 14.1. The van der Waals surface area contributed by atoms with Crippen LogP contribution in [0.3, 0.4) is 0 Å². The molecule has 0 aliphatic carbocycles. The fraction of sp³-hybridized carbons (Fsp3) is 0.125. The van der Waals surface area contributed by atoms with Crippen LogP contribution in [0.25, 0.3) is 0 Å². The number of halogens is 3. The summed E-state index contributed by atoms with van der Waals surface area (Å²) >= 11 is 6.80. The van der Waals surface area contributed by atoms with Crippen molar-refractivity contribution in [2.24, 2.45) is 5.84 Å². The first kappa shape index (κ1) is 13.7. The molecule has 4 nitrogen and oxygen atoms in total. The Balaban J connectivity index is 2.81. The molecule has 0 aliphatic rings. The maximum Gasteiger partial charge on any atom is 0.329 e. The van der Waals surface area contributed by atoms with Crippen LogP contribution >= 0.6 is 67.8 Å². The summed E-state index contributed by atoms with van der Waals surface area (Å²) in [5.41, 5.74) is 3.12. The topological polar surface area (TPSA) is 67.1 Å². The smallest absolute Gasteiger partial charge is 0.329 e. The van der Waals surface area contributed by atoms with Crippen molar-refractivity contribution >= 4 is 73.8 Å². The number of hydrogen-bond acceptors (Lipinski definition) is 2. The van der Waals surface area contributed by atoms with Gasteiger partial charge in [0.1, 0.15) is 0 Å². The van der Waals surface area contributed by atoms with E-state index in [1.807, 2.05) is 11.5 Å². The number of hydrazine groups is 1. The summed E-state index contributed by atoms with van der Waals surface area (Å²) in [6, 6.07) is 3.76. The van der Waals surface area contributed by atoms with Gasteiger partial charge in [-0.05, 0) is 85.5 Å². The highest BCUT2D eigenvalue weighted by Gasteiger charge is 2.06. The predicted molar refractivity (Wildman–Crippen MR) is 84.2 cm³/mol. The average Bonchev–Trinajstić information content (AvgIpc) is 2.20. The lowest BCUT2D eigenvalue weighted by molar-refractivity contribution is 0.240. The van der Waals surface area contributed by atoms with Crippen LogP contribution in [0.1, 0.15) is 5.56 Å². The molecule has 2 amide bonds. The van der Waals surface area contributed by atoms with E-state index in [0.717, 1.165) is 12.7 Å². The van der Waals surface area contributed by atoms with Gasteiger partial charge in [-0.3, -0.25) is 5.43 Å². The zero-order chi connectivity index (χ0) is 11.4. The Morgan fingerprint density at radius 3 is 2.60 bits per heavy atom. The summed E-state index contributed by atoms with van der Waals surface area (Å²) in [4.78, 5) is 10.9. The zero-order valence-corrected chi connectivity index (χ0v) is 14.0. The van der Waals surface area contributed by atoms with E-state index in [-0.39, 0.29) is 6.03 Å². The lowest BCUT2D eigenvalue weighted by Gasteiger charge is -2.08. The van der Waals surface area contributed by atoms with Crippen LogP contribution in [-0.2, 0) is 6.54 Å². The fourth-order valence-corrected chi connectivity index (χ4v) is 3.43. The highest BCUT2D eigenvalue weighted by atomic mass is 127. The number of nitrogens with one attached hydrogen (secondary N) is 2. The van der Waals surface area contributed by atoms with E-state index < -0.39 is 0 Å². The number of carbonyl (C=O) groups excluding carboxylic acids is 1. The van der Waals surface area contributed by atoms with Crippen molar-refractivity contribution in [1.29, 1.82) is 0 Å². The van der Waals surface area contributed by atoms with Crippen molar-refractivity contribution in [2.45, 2.75) is 6.54 Å². The van der Waals surface area contributed by atoms with E-state index in [1.54, 1.807) is 0 Å². The van der Waals surface area contributed by atoms with Crippen molar-refractivity contribution in [3.8, 4) is 0 Å². The second-order valence-corrected chi connectivity index (χ2v) is 6.17. The van der Waals surface area contributed by atoms with Crippen LogP contribution < -0.4 is 16.6 Å². The molecule has 7 heteroatoms. The minimum atomic E-state index is -0.375. The first-order valence-corrected chi connectivity index (χ1v) is 7.16. The molecular formula is C8H8I3N3O. The van der Waals surface area contributed by atoms with Gasteiger partial charge in [-0.1, -0.05) is 0 Å². The lowest BCUT2D eigenvalue weighted by atomic mass is 10.2. The van der Waals surface area contributed by atoms with E-state index in [4.69, 9.17) is 5.84 Å². The number of nitrogens with two attached hydrogens (primary N) is 1. The van der Waals surface area contributed by atoms with Gasteiger partial charge in [0.2, 0.25) is 0 Å². The second kappa shape index (κ2) is 6.39. The van der Waals surface area contributed by atoms with Crippen LogP contribution in [0, 0.1) is 10.7 Å². The van der Waals surface area contributed by atoms with Gasteiger partial charge in [-0.15, -0.1) is 0 Å². The molecule has 4 N–H and O–H groups in total. The van der Waals surface area contributed by atoms with Crippen molar-refractivity contribution in [2.75, 3.05) is 0 Å². The molecule has 0 unspecified atom stereocenters. The predicted octanol–water partition coefficient (Wildman–Crippen LogP) is 2.17. The molecule has 1 rings (SSSR count). The number of hydrogen-bond donors (Lipinski definition) is 3. The molecule has 1 aromatic carbocycles. The molecule has 15 heavy (non-hydrogen) atoms. The standard InChI is InChI=1S/C8H8I3N3O/c9-5-1-4(3-13-8(15)14-12)7(11)6(10)2-5/h1-2H,3,12H2,(H2,13,14,15). The van der Waals surface area contributed by atoms with E-state index in [2.05, 4.69) is 79.2 Å². The molecule has 0 saturated heterocycles. The monoisotopic (exact) mass is 543 g/mol. The van der Waals surface area contributed by atoms with Gasteiger partial charge < -0.3 is 5.32 Å². The summed E-state index contributed by atoms with van der Waals surface area (Å²) < 4.78 is 3.50. The number of amides is 2.